The number of aliphatic hydroxyl groups excluding tert-OH is 2. The van der Waals surface area contributed by atoms with Gasteiger partial charge in [-0.3, -0.25) is 9.55 Å². The van der Waals surface area contributed by atoms with E-state index in [4.69, 9.17) is 14.7 Å². The van der Waals surface area contributed by atoms with Crippen LogP contribution in [0.25, 0.3) is 11.2 Å². The Hall–Kier alpha value is -6.04. The summed E-state index contributed by atoms with van der Waals surface area (Å²) in [5.41, 5.74) is 3.72. The maximum Gasteiger partial charge on any atom is 0.319 e. The van der Waals surface area contributed by atoms with Crippen molar-refractivity contribution in [1.29, 1.82) is 0 Å². The molecular formula is C36H39N13O4. The molecule has 5 atom stereocenters. The highest BCUT2D eigenvalue weighted by Crippen LogP contribution is 2.39. The van der Waals surface area contributed by atoms with Crippen molar-refractivity contribution in [3.63, 3.8) is 0 Å². The Morgan fingerprint density at radius 3 is 2.47 bits per heavy atom. The summed E-state index contributed by atoms with van der Waals surface area (Å²) in [6.07, 6.45) is 0.658. The third kappa shape index (κ3) is 7.09. The predicted octanol–water partition coefficient (Wildman–Crippen LogP) is 2.86. The molecule has 0 bridgehead atoms. The summed E-state index contributed by atoms with van der Waals surface area (Å²) >= 11 is 0. The number of aryl methyl sites for hydroxylation is 1. The van der Waals surface area contributed by atoms with Crippen LogP contribution in [0.1, 0.15) is 48.5 Å². The molecule has 2 fully saturated rings. The molecule has 0 unspecified atom stereocenters. The van der Waals surface area contributed by atoms with Crippen molar-refractivity contribution in [3.8, 4) is 0 Å². The number of imidazole rings is 1. The van der Waals surface area contributed by atoms with Crippen LogP contribution in [0, 0.1) is 0 Å². The highest BCUT2D eigenvalue weighted by atomic mass is 16.6. The zero-order valence-corrected chi connectivity index (χ0v) is 28.8. The molecule has 0 aliphatic carbocycles. The number of hydrogen-bond donors (Lipinski definition) is 5. The highest BCUT2D eigenvalue weighted by Gasteiger charge is 2.47. The zero-order chi connectivity index (χ0) is 36.3. The maximum absolute atomic E-state index is 12.8. The number of aromatic nitrogens is 9. The Bertz CT molecular complexity index is 2110. The van der Waals surface area contributed by atoms with E-state index < -0.39 is 24.5 Å². The SMILES string of the molecule is CCn1nnc([C@H]2O[C@@H](n3cnc4c(NCC(c5ccccc5)c5ccccc5)nc(N5CC[C@H](NC(=O)Nc6cccnc6)C5)nc43)[C@H](O)[C@@H]2O)n1. The molecule has 0 spiro atoms. The Labute approximate surface area is 304 Å². The molecule has 272 valence electrons. The van der Waals surface area contributed by atoms with Gasteiger partial charge in [-0.25, -0.2) is 9.78 Å². The minimum absolute atomic E-state index is 0.00780. The summed E-state index contributed by atoms with van der Waals surface area (Å²) in [6.45, 7) is 3.88. The molecule has 6 aromatic rings. The number of nitrogens with zero attached hydrogens (tertiary/aromatic N) is 10. The van der Waals surface area contributed by atoms with Crippen molar-refractivity contribution < 1.29 is 19.7 Å². The average molecular weight is 718 g/mol. The number of benzene rings is 2. The molecule has 2 amide bonds. The van der Waals surface area contributed by atoms with E-state index in [-0.39, 0.29) is 23.8 Å². The summed E-state index contributed by atoms with van der Waals surface area (Å²) in [7, 11) is 0. The van der Waals surface area contributed by atoms with E-state index in [1.165, 1.54) is 11.1 Å². The third-order valence-corrected chi connectivity index (χ3v) is 9.53. The van der Waals surface area contributed by atoms with Crippen LogP contribution >= 0.6 is 0 Å². The number of pyridine rings is 1. The van der Waals surface area contributed by atoms with E-state index in [1.54, 1.807) is 29.1 Å². The van der Waals surface area contributed by atoms with Gasteiger partial charge in [0.1, 0.15) is 12.2 Å². The molecule has 5 N–H and O–H groups in total. The van der Waals surface area contributed by atoms with Gasteiger partial charge in [0.15, 0.2) is 29.3 Å². The monoisotopic (exact) mass is 717 g/mol. The fourth-order valence-corrected chi connectivity index (χ4v) is 6.81. The van der Waals surface area contributed by atoms with E-state index >= 15 is 0 Å². The Kier molecular flexibility index (Phi) is 9.58. The lowest BCUT2D eigenvalue weighted by molar-refractivity contribution is -0.0384. The number of amides is 2. The average Bonchev–Trinajstić information content (AvgIpc) is 4.00. The van der Waals surface area contributed by atoms with Gasteiger partial charge in [-0.1, -0.05) is 60.7 Å². The number of carbonyl (C=O) groups is 1. The van der Waals surface area contributed by atoms with Crippen LogP contribution in [0.4, 0.5) is 22.2 Å². The topological polar surface area (TPSA) is 206 Å². The van der Waals surface area contributed by atoms with Crippen LogP contribution in [0.3, 0.4) is 0 Å². The molecule has 2 aliphatic heterocycles. The van der Waals surface area contributed by atoms with E-state index in [9.17, 15) is 15.0 Å². The van der Waals surface area contributed by atoms with Crippen molar-refractivity contribution in [2.45, 2.75) is 56.4 Å². The summed E-state index contributed by atoms with van der Waals surface area (Å²) in [5, 5.41) is 44.0. The summed E-state index contributed by atoms with van der Waals surface area (Å²) in [4.78, 5) is 34.8. The number of hydrogen-bond acceptors (Lipinski definition) is 13. The number of fused-ring (bicyclic) bond motifs is 1. The van der Waals surface area contributed by atoms with Gasteiger partial charge in [-0.15, -0.1) is 10.2 Å². The largest absolute Gasteiger partial charge is 0.387 e. The lowest BCUT2D eigenvalue weighted by atomic mass is 9.91. The summed E-state index contributed by atoms with van der Waals surface area (Å²) in [6, 6.07) is 23.5. The molecule has 0 radical (unpaired) electrons. The van der Waals surface area contributed by atoms with Crippen molar-refractivity contribution >= 4 is 34.6 Å². The first-order valence-electron chi connectivity index (χ1n) is 17.5. The first-order chi connectivity index (χ1) is 25.9. The van der Waals surface area contributed by atoms with Crippen LogP contribution in [0.5, 0.6) is 0 Å². The lowest BCUT2D eigenvalue weighted by Crippen LogP contribution is -2.40. The summed E-state index contributed by atoms with van der Waals surface area (Å²) in [5.74, 6) is 1.06. The van der Waals surface area contributed by atoms with Crippen LogP contribution in [0.2, 0.25) is 0 Å². The van der Waals surface area contributed by atoms with E-state index in [0.717, 1.165) is 11.1 Å². The number of aliphatic hydroxyl groups is 2. The molecule has 53 heavy (non-hydrogen) atoms. The molecule has 2 aliphatic rings. The van der Waals surface area contributed by atoms with Crippen molar-refractivity contribution in [3.05, 3.63) is 108 Å². The second-order valence-corrected chi connectivity index (χ2v) is 13.0. The number of carbonyl (C=O) groups excluding carboxylic acids is 1. The third-order valence-electron chi connectivity index (χ3n) is 9.53. The number of anilines is 3. The molecule has 2 aromatic carbocycles. The van der Waals surface area contributed by atoms with Gasteiger partial charge in [0.05, 0.1) is 24.8 Å². The van der Waals surface area contributed by atoms with E-state index in [0.29, 0.717) is 61.2 Å². The fourth-order valence-electron chi connectivity index (χ4n) is 6.81. The molecule has 4 aromatic heterocycles. The molecular weight excluding hydrogens is 678 g/mol. The van der Waals surface area contributed by atoms with Crippen LogP contribution in [-0.4, -0.2) is 98.8 Å². The fraction of sp³-hybridized carbons (Fsp3) is 0.333. The normalized spacial score (nSPS) is 21.4. The molecule has 8 rings (SSSR count). The van der Waals surface area contributed by atoms with E-state index in [2.05, 4.69) is 65.6 Å². The summed E-state index contributed by atoms with van der Waals surface area (Å²) < 4.78 is 7.80. The van der Waals surface area contributed by atoms with Crippen molar-refractivity contribution in [2.24, 2.45) is 0 Å². The van der Waals surface area contributed by atoms with Gasteiger partial charge in [0.2, 0.25) is 11.8 Å². The Morgan fingerprint density at radius 2 is 1.77 bits per heavy atom. The molecule has 2 saturated heterocycles. The number of urea groups is 1. The van der Waals surface area contributed by atoms with Crippen LogP contribution in [-0.2, 0) is 11.3 Å². The minimum atomic E-state index is -1.35. The first-order valence-corrected chi connectivity index (χ1v) is 17.5. The smallest absolute Gasteiger partial charge is 0.319 e. The number of ether oxygens (including phenoxy) is 1. The number of tetrazole rings is 1. The van der Waals surface area contributed by atoms with Gasteiger partial charge in [-0.2, -0.15) is 14.8 Å². The lowest BCUT2D eigenvalue weighted by Gasteiger charge is -2.22. The first kappa shape index (κ1) is 34.1. The molecule has 6 heterocycles. The second-order valence-electron chi connectivity index (χ2n) is 13.0. The number of rotatable bonds is 11. The molecule has 17 heteroatoms. The van der Waals surface area contributed by atoms with Gasteiger partial charge in [-0.05, 0) is 41.8 Å². The van der Waals surface area contributed by atoms with Crippen molar-refractivity contribution in [1.82, 2.24) is 50.0 Å². The predicted molar refractivity (Wildman–Crippen MR) is 194 cm³/mol. The van der Waals surface area contributed by atoms with Gasteiger partial charge >= 0.3 is 6.03 Å². The van der Waals surface area contributed by atoms with E-state index in [1.807, 2.05) is 48.2 Å². The van der Waals surface area contributed by atoms with Gasteiger partial charge in [0, 0.05) is 37.8 Å². The molecule has 0 saturated carbocycles. The van der Waals surface area contributed by atoms with Crippen LogP contribution < -0.4 is 20.9 Å². The van der Waals surface area contributed by atoms with Crippen LogP contribution in [0.15, 0.2) is 91.5 Å². The number of nitrogens with one attached hydrogen (secondary N) is 3. The quantitative estimate of drug-likeness (QED) is 0.131. The minimum Gasteiger partial charge on any atom is -0.387 e. The zero-order valence-electron chi connectivity index (χ0n) is 28.8. The van der Waals surface area contributed by atoms with Gasteiger partial charge < -0.3 is 35.8 Å². The molecule has 17 nitrogen and oxygen atoms in total. The second kappa shape index (κ2) is 14.9. The maximum atomic E-state index is 12.8. The van der Waals surface area contributed by atoms with Gasteiger partial charge in [0.25, 0.3) is 0 Å². The Morgan fingerprint density at radius 1 is 1.00 bits per heavy atom. The highest BCUT2D eigenvalue weighted by molar-refractivity contribution is 5.89. The standard InChI is InChI=1S/C36H39N13O4/c1-2-49-45-32(44-46-49)30-28(50)29(51)34(53-30)48-21-39-27-31(38-19-26(22-10-5-3-6-11-22)23-12-7-4-8-13-23)42-35(43-33(27)48)47-17-15-25(20-47)41-36(52)40-24-14-9-16-37-18-24/h3-14,16,18,21,25-26,28-30,34,50-51H,2,15,17,19-20H2,1H3,(H,38,42,43)(H2,40,41,52)/t25-,28-,29+,30-,34+/m0/s1. The Balaban J connectivity index is 1.10. The van der Waals surface area contributed by atoms with Crippen molar-refractivity contribution in [2.75, 3.05) is 35.2 Å².